The molecule has 2 aromatic carbocycles. The molecule has 1 saturated heterocycles. The van der Waals surface area contributed by atoms with E-state index in [1.54, 1.807) is 24.3 Å². The van der Waals surface area contributed by atoms with E-state index in [0.29, 0.717) is 30.4 Å². The third-order valence-electron chi connectivity index (χ3n) is 4.52. The van der Waals surface area contributed by atoms with Crippen molar-refractivity contribution in [3.8, 4) is 22.8 Å². The Morgan fingerprint density at radius 3 is 2.46 bits per heavy atom. The molecule has 0 N–H and O–H groups in total. The maximum Gasteiger partial charge on any atom is 0.258 e. The Hall–Kier alpha value is -2.51. The van der Waals surface area contributed by atoms with E-state index in [1.165, 1.54) is 4.31 Å². The molecular weight excluding hydrogens is 350 g/mol. The first kappa shape index (κ1) is 16.9. The van der Waals surface area contributed by atoms with Crippen LogP contribution in [0, 0.1) is 6.92 Å². The van der Waals surface area contributed by atoms with Crippen LogP contribution in [0.1, 0.15) is 18.4 Å². The van der Waals surface area contributed by atoms with Crippen molar-refractivity contribution in [3.05, 3.63) is 54.1 Å². The van der Waals surface area contributed by atoms with Gasteiger partial charge in [-0.3, -0.25) is 0 Å². The Balaban J connectivity index is 1.66. The number of nitrogens with zero attached hydrogens (tertiary/aromatic N) is 3. The molecule has 0 atom stereocenters. The molecule has 7 heteroatoms. The highest BCUT2D eigenvalue weighted by molar-refractivity contribution is 7.89. The lowest BCUT2D eigenvalue weighted by atomic mass is 10.1. The van der Waals surface area contributed by atoms with Gasteiger partial charge in [-0.2, -0.15) is 9.29 Å². The van der Waals surface area contributed by atoms with E-state index in [9.17, 15) is 8.42 Å². The lowest BCUT2D eigenvalue weighted by Gasteiger charge is -2.15. The summed E-state index contributed by atoms with van der Waals surface area (Å²) in [5.74, 6) is 0.784. The summed E-state index contributed by atoms with van der Waals surface area (Å²) in [6, 6.07) is 14.5. The molecule has 0 radical (unpaired) electrons. The number of aryl methyl sites for hydroxylation is 1. The number of hydrogen-bond acceptors (Lipinski definition) is 5. The number of sulfonamides is 1. The number of rotatable bonds is 4. The first-order valence-electron chi connectivity index (χ1n) is 8.55. The topological polar surface area (TPSA) is 76.3 Å². The molecule has 2 heterocycles. The van der Waals surface area contributed by atoms with Gasteiger partial charge in [-0.25, -0.2) is 8.42 Å². The van der Waals surface area contributed by atoms with Gasteiger partial charge in [0.15, 0.2) is 0 Å². The standard InChI is InChI=1S/C19H19N3O3S/c1-14-7-9-15(10-8-14)18-20-19(25-21-18)16-5-4-6-17(13-16)26(23,24)22-11-2-3-12-22/h4-10,13H,2-3,11-12H2,1H3. The average Bonchev–Trinajstić information content (AvgIpc) is 3.35. The zero-order valence-corrected chi connectivity index (χ0v) is 15.2. The third kappa shape index (κ3) is 3.15. The van der Waals surface area contributed by atoms with Crippen LogP contribution >= 0.6 is 0 Å². The molecule has 26 heavy (non-hydrogen) atoms. The zero-order chi connectivity index (χ0) is 18.1. The van der Waals surface area contributed by atoms with Gasteiger partial charge in [-0.05, 0) is 38.0 Å². The Morgan fingerprint density at radius 1 is 1.00 bits per heavy atom. The van der Waals surface area contributed by atoms with Crippen molar-refractivity contribution in [1.82, 2.24) is 14.4 Å². The minimum absolute atomic E-state index is 0.256. The van der Waals surface area contributed by atoms with Crippen molar-refractivity contribution < 1.29 is 12.9 Å². The fourth-order valence-electron chi connectivity index (χ4n) is 3.03. The van der Waals surface area contributed by atoms with Crippen LogP contribution in [0.3, 0.4) is 0 Å². The second-order valence-electron chi connectivity index (χ2n) is 6.43. The highest BCUT2D eigenvalue weighted by atomic mass is 32.2. The molecule has 0 aliphatic carbocycles. The molecule has 0 amide bonds. The maximum atomic E-state index is 12.7. The first-order chi connectivity index (χ1) is 12.5. The van der Waals surface area contributed by atoms with Gasteiger partial charge in [-0.1, -0.05) is 41.1 Å². The summed E-state index contributed by atoms with van der Waals surface area (Å²) in [6.45, 7) is 3.16. The predicted octanol–water partition coefficient (Wildman–Crippen LogP) is 3.50. The minimum atomic E-state index is -3.48. The highest BCUT2D eigenvalue weighted by Gasteiger charge is 2.27. The number of hydrogen-bond donors (Lipinski definition) is 0. The Bertz CT molecular complexity index is 1020. The van der Waals surface area contributed by atoms with Crippen molar-refractivity contribution in [1.29, 1.82) is 0 Å². The smallest absolute Gasteiger partial charge is 0.258 e. The molecule has 4 rings (SSSR count). The summed E-state index contributed by atoms with van der Waals surface area (Å²) in [5.41, 5.74) is 2.60. The minimum Gasteiger partial charge on any atom is -0.334 e. The van der Waals surface area contributed by atoms with Crippen LogP contribution in [-0.2, 0) is 10.0 Å². The molecule has 6 nitrogen and oxygen atoms in total. The molecule has 0 spiro atoms. The van der Waals surface area contributed by atoms with Crippen LogP contribution in [-0.4, -0.2) is 36.0 Å². The van der Waals surface area contributed by atoms with Gasteiger partial charge in [0, 0.05) is 24.2 Å². The van der Waals surface area contributed by atoms with Gasteiger partial charge in [-0.15, -0.1) is 0 Å². The number of aromatic nitrogens is 2. The Kier molecular flexibility index (Phi) is 4.34. The molecule has 1 aromatic heterocycles. The van der Waals surface area contributed by atoms with Gasteiger partial charge < -0.3 is 4.52 Å². The fraction of sp³-hybridized carbons (Fsp3) is 0.263. The summed E-state index contributed by atoms with van der Waals surface area (Å²) >= 11 is 0. The van der Waals surface area contributed by atoms with Crippen molar-refractivity contribution in [2.75, 3.05) is 13.1 Å². The van der Waals surface area contributed by atoms with Crippen LogP contribution in [0.25, 0.3) is 22.8 Å². The average molecular weight is 369 g/mol. The lowest BCUT2D eigenvalue weighted by Crippen LogP contribution is -2.27. The van der Waals surface area contributed by atoms with Crippen LogP contribution in [0.2, 0.25) is 0 Å². The molecular formula is C19H19N3O3S. The van der Waals surface area contributed by atoms with E-state index in [0.717, 1.165) is 24.0 Å². The van der Waals surface area contributed by atoms with Crippen LogP contribution in [0.15, 0.2) is 57.9 Å². The van der Waals surface area contributed by atoms with Crippen molar-refractivity contribution in [3.63, 3.8) is 0 Å². The van der Waals surface area contributed by atoms with E-state index in [1.807, 2.05) is 31.2 Å². The summed E-state index contributed by atoms with van der Waals surface area (Å²) in [6.07, 6.45) is 1.81. The van der Waals surface area contributed by atoms with Gasteiger partial charge in [0.1, 0.15) is 0 Å². The SMILES string of the molecule is Cc1ccc(-c2noc(-c3cccc(S(=O)(=O)N4CCCC4)c3)n2)cc1. The fourth-order valence-corrected chi connectivity index (χ4v) is 4.59. The molecule has 134 valence electrons. The van der Waals surface area contributed by atoms with E-state index in [4.69, 9.17) is 4.52 Å². The highest BCUT2D eigenvalue weighted by Crippen LogP contribution is 2.27. The van der Waals surface area contributed by atoms with E-state index in [-0.39, 0.29) is 4.90 Å². The van der Waals surface area contributed by atoms with Crippen LogP contribution < -0.4 is 0 Å². The monoisotopic (exact) mass is 369 g/mol. The molecule has 1 aliphatic rings. The van der Waals surface area contributed by atoms with Crippen molar-refractivity contribution in [2.45, 2.75) is 24.7 Å². The third-order valence-corrected chi connectivity index (χ3v) is 6.41. The summed E-state index contributed by atoms with van der Waals surface area (Å²) in [5, 5.41) is 4.02. The summed E-state index contributed by atoms with van der Waals surface area (Å²) in [7, 11) is -3.48. The van der Waals surface area contributed by atoms with Crippen LogP contribution in [0.4, 0.5) is 0 Å². The second kappa shape index (κ2) is 6.66. The molecule has 0 unspecified atom stereocenters. The van der Waals surface area contributed by atoms with E-state index < -0.39 is 10.0 Å². The zero-order valence-electron chi connectivity index (χ0n) is 14.4. The van der Waals surface area contributed by atoms with Gasteiger partial charge >= 0.3 is 0 Å². The molecule has 0 bridgehead atoms. The second-order valence-corrected chi connectivity index (χ2v) is 8.37. The number of benzene rings is 2. The van der Waals surface area contributed by atoms with Crippen molar-refractivity contribution >= 4 is 10.0 Å². The van der Waals surface area contributed by atoms with E-state index in [2.05, 4.69) is 10.1 Å². The summed E-state index contributed by atoms with van der Waals surface area (Å²) in [4.78, 5) is 4.67. The summed E-state index contributed by atoms with van der Waals surface area (Å²) < 4.78 is 32.4. The molecule has 1 aliphatic heterocycles. The molecule has 3 aromatic rings. The van der Waals surface area contributed by atoms with E-state index >= 15 is 0 Å². The largest absolute Gasteiger partial charge is 0.334 e. The predicted molar refractivity (Wildman–Crippen MR) is 97.9 cm³/mol. The van der Waals surface area contributed by atoms with Gasteiger partial charge in [0.25, 0.3) is 5.89 Å². The van der Waals surface area contributed by atoms with Gasteiger partial charge in [0.05, 0.1) is 4.90 Å². The normalized spacial score (nSPS) is 15.4. The lowest BCUT2D eigenvalue weighted by molar-refractivity contribution is 0.432. The van der Waals surface area contributed by atoms with Crippen LogP contribution in [0.5, 0.6) is 0 Å². The Morgan fingerprint density at radius 2 is 1.73 bits per heavy atom. The first-order valence-corrected chi connectivity index (χ1v) is 9.99. The van der Waals surface area contributed by atoms with Crippen molar-refractivity contribution in [2.24, 2.45) is 0 Å². The quantitative estimate of drug-likeness (QED) is 0.703. The molecule has 1 fully saturated rings. The Labute approximate surface area is 152 Å². The molecule has 0 saturated carbocycles. The maximum absolute atomic E-state index is 12.7. The van der Waals surface area contributed by atoms with Gasteiger partial charge in [0.2, 0.25) is 15.8 Å².